The van der Waals surface area contributed by atoms with Gasteiger partial charge in [-0.05, 0) is 47.0 Å². The van der Waals surface area contributed by atoms with Crippen LogP contribution in [0.4, 0.5) is 5.69 Å². The number of para-hydroxylation sites is 1. The second kappa shape index (κ2) is 7.65. The molecule has 1 fully saturated rings. The van der Waals surface area contributed by atoms with Crippen molar-refractivity contribution in [2.75, 3.05) is 18.4 Å². The largest absolute Gasteiger partial charge is 0.339 e. The van der Waals surface area contributed by atoms with Gasteiger partial charge >= 0.3 is 0 Å². The monoisotopic (exact) mass is 402 g/mol. The van der Waals surface area contributed by atoms with Crippen LogP contribution in [0.2, 0.25) is 0 Å². The van der Waals surface area contributed by atoms with Crippen LogP contribution >= 0.6 is 15.9 Å². The lowest BCUT2D eigenvalue weighted by atomic mass is 9.96. The second-order valence-corrected chi connectivity index (χ2v) is 6.77. The molecule has 0 bridgehead atoms. The molecule has 1 aliphatic heterocycles. The lowest BCUT2D eigenvalue weighted by Crippen LogP contribution is -2.40. The molecule has 1 aromatic heterocycles. The number of amides is 2. The summed E-state index contributed by atoms with van der Waals surface area (Å²) in [5, 5.41) is 7.22. The van der Waals surface area contributed by atoms with Crippen molar-refractivity contribution in [3.63, 3.8) is 0 Å². The predicted octanol–water partition coefficient (Wildman–Crippen LogP) is 3.00. The van der Waals surface area contributed by atoms with E-state index in [1.54, 1.807) is 22.0 Å². The summed E-state index contributed by atoms with van der Waals surface area (Å²) in [5.41, 5.74) is 1.56. The highest BCUT2D eigenvalue weighted by molar-refractivity contribution is 9.10. The molecule has 0 atom stereocenters. The first-order valence-electron chi connectivity index (χ1n) is 8.10. The van der Waals surface area contributed by atoms with Crippen molar-refractivity contribution in [3.05, 3.63) is 53.8 Å². The van der Waals surface area contributed by atoms with Gasteiger partial charge in [-0.3, -0.25) is 9.59 Å². The van der Waals surface area contributed by atoms with Crippen molar-refractivity contribution in [2.45, 2.75) is 12.8 Å². The van der Waals surface area contributed by atoms with Gasteiger partial charge in [-0.25, -0.2) is 4.68 Å². The van der Waals surface area contributed by atoms with Crippen molar-refractivity contribution < 1.29 is 9.59 Å². The first kappa shape index (κ1) is 17.4. The minimum Gasteiger partial charge on any atom is -0.339 e. The van der Waals surface area contributed by atoms with Crippen LogP contribution in [0.5, 0.6) is 0 Å². The zero-order chi connectivity index (χ0) is 17.8. The average molecular weight is 403 g/mol. The fourth-order valence-corrected chi connectivity index (χ4v) is 3.36. The fourth-order valence-electron chi connectivity index (χ4n) is 2.89. The minimum absolute atomic E-state index is 0.0302. The maximum Gasteiger partial charge on any atom is 0.245 e. The van der Waals surface area contributed by atoms with E-state index in [-0.39, 0.29) is 17.7 Å². The molecule has 6 nitrogen and oxygen atoms in total. The molecule has 130 valence electrons. The van der Waals surface area contributed by atoms with Crippen molar-refractivity contribution in [1.29, 1.82) is 0 Å². The average Bonchev–Trinajstić information content (AvgIpc) is 3.09. The van der Waals surface area contributed by atoms with Crippen LogP contribution in [0.3, 0.4) is 0 Å². The Kier molecular flexibility index (Phi) is 5.33. The quantitative estimate of drug-likeness (QED) is 0.799. The molecular formula is C18H19BrN4O2. The normalized spacial score (nSPS) is 15.0. The summed E-state index contributed by atoms with van der Waals surface area (Å²) in [4.78, 5) is 25.8. The maximum absolute atomic E-state index is 12.4. The molecule has 7 heteroatoms. The smallest absolute Gasteiger partial charge is 0.245 e. The van der Waals surface area contributed by atoms with Crippen LogP contribution in [-0.4, -0.2) is 39.6 Å². The highest BCUT2D eigenvalue weighted by atomic mass is 79.9. The van der Waals surface area contributed by atoms with Gasteiger partial charge in [-0.2, -0.15) is 5.10 Å². The molecule has 0 saturated carbocycles. The molecule has 0 aliphatic carbocycles. The zero-order valence-corrected chi connectivity index (χ0v) is 15.3. The Hall–Kier alpha value is -2.41. The third-order valence-electron chi connectivity index (χ3n) is 4.30. The van der Waals surface area contributed by atoms with E-state index in [2.05, 4.69) is 32.9 Å². The Morgan fingerprint density at radius 1 is 1.28 bits per heavy atom. The van der Waals surface area contributed by atoms with Gasteiger partial charge in [0.15, 0.2) is 0 Å². The number of anilines is 1. The van der Waals surface area contributed by atoms with Gasteiger partial charge in [0.1, 0.15) is 0 Å². The molecular weight excluding hydrogens is 384 g/mol. The number of nitrogens with zero attached hydrogens (tertiary/aromatic N) is 3. The third kappa shape index (κ3) is 3.99. The van der Waals surface area contributed by atoms with Gasteiger partial charge in [-0.15, -0.1) is 0 Å². The van der Waals surface area contributed by atoms with E-state index in [1.165, 1.54) is 6.08 Å². The topological polar surface area (TPSA) is 67.2 Å². The third-order valence-corrected chi connectivity index (χ3v) is 4.97. The number of benzene rings is 1. The lowest BCUT2D eigenvalue weighted by Gasteiger charge is -2.30. The first-order chi connectivity index (χ1) is 12.1. The lowest BCUT2D eigenvalue weighted by molar-refractivity contribution is -0.130. The highest BCUT2D eigenvalue weighted by Gasteiger charge is 2.26. The van der Waals surface area contributed by atoms with Crippen molar-refractivity contribution in [2.24, 2.45) is 5.92 Å². The Morgan fingerprint density at radius 2 is 2.00 bits per heavy atom. The number of carbonyl (C=O) groups excluding carboxylic acids is 2. The fraction of sp³-hybridized carbons (Fsp3) is 0.278. The van der Waals surface area contributed by atoms with Crippen LogP contribution in [0.1, 0.15) is 12.8 Å². The van der Waals surface area contributed by atoms with Gasteiger partial charge < -0.3 is 10.2 Å². The van der Waals surface area contributed by atoms with E-state index < -0.39 is 0 Å². The number of aromatic nitrogens is 2. The van der Waals surface area contributed by atoms with Crippen LogP contribution in [0.25, 0.3) is 5.69 Å². The van der Waals surface area contributed by atoms with E-state index >= 15 is 0 Å². The Balaban J connectivity index is 1.60. The molecule has 3 rings (SSSR count). The molecule has 2 aromatic rings. The molecule has 0 unspecified atom stereocenters. The number of piperidine rings is 1. The minimum atomic E-state index is -0.0966. The zero-order valence-electron chi connectivity index (χ0n) is 13.7. The SMILES string of the molecule is C=CC(=O)N1CCC(C(=O)Nc2cnn(-c3ccccc3Br)c2)CC1. The van der Waals surface area contributed by atoms with Crippen LogP contribution in [-0.2, 0) is 9.59 Å². The van der Waals surface area contributed by atoms with Gasteiger partial charge in [-0.1, -0.05) is 18.7 Å². The van der Waals surface area contributed by atoms with Gasteiger partial charge in [0.2, 0.25) is 11.8 Å². The van der Waals surface area contributed by atoms with E-state index in [1.807, 2.05) is 24.3 Å². The van der Waals surface area contributed by atoms with Gasteiger partial charge in [0.25, 0.3) is 0 Å². The summed E-state index contributed by atoms with van der Waals surface area (Å²) in [6.07, 6.45) is 6.05. The van der Waals surface area contributed by atoms with Crippen LogP contribution in [0.15, 0.2) is 53.8 Å². The van der Waals surface area contributed by atoms with Crippen molar-refractivity contribution in [1.82, 2.24) is 14.7 Å². The number of carbonyl (C=O) groups is 2. The van der Waals surface area contributed by atoms with E-state index in [4.69, 9.17) is 0 Å². The van der Waals surface area contributed by atoms with Gasteiger partial charge in [0.05, 0.1) is 23.8 Å². The van der Waals surface area contributed by atoms with Crippen molar-refractivity contribution >= 4 is 33.4 Å². The standard InChI is InChI=1S/C18H19BrN4O2/c1-2-17(24)22-9-7-13(8-10-22)18(25)21-14-11-20-23(12-14)16-6-4-3-5-15(16)19/h2-6,11-13H,1,7-10H2,(H,21,25). The molecule has 2 amide bonds. The summed E-state index contributed by atoms with van der Waals surface area (Å²) < 4.78 is 2.64. The molecule has 1 aromatic carbocycles. The number of halogens is 1. The number of likely N-dealkylation sites (tertiary alicyclic amines) is 1. The summed E-state index contributed by atoms with van der Waals surface area (Å²) in [6, 6.07) is 7.74. The number of nitrogens with one attached hydrogen (secondary N) is 1. The van der Waals surface area contributed by atoms with Crippen LogP contribution in [0, 0.1) is 5.92 Å². The Bertz CT molecular complexity index is 794. The molecule has 0 radical (unpaired) electrons. The molecule has 25 heavy (non-hydrogen) atoms. The number of hydrogen-bond donors (Lipinski definition) is 1. The first-order valence-corrected chi connectivity index (χ1v) is 8.89. The second-order valence-electron chi connectivity index (χ2n) is 5.92. The Labute approximate surface area is 154 Å². The molecule has 0 spiro atoms. The van der Waals surface area contributed by atoms with Gasteiger partial charge in [0, 0.05) is 23.5 Å². The summed E-state index contributed by atoms with van der Waals surface area (Å²) in [5.74, 6) is -0.202. The van der Waals surface area contributed by atoms with E-state index in [9.17, 15) is 9.59 Å². The molecule has 1 saturated heterocycles. The summed E-state index contributed by atoms with van der Waals surface area (Å²) in [6.45, 7) is 4.66. The van der Waals surface area contributed by atoms with E-state index in [0.29, 0.717) is 31.6 Å². The van der Waals surface area contributed by atoms with Crippen molar-refractivity contribution in [3.8, 4) is 5.69 Å². The maximum atomic E-state index is 12.4. The molecule has 1 N–H and O–H groups in total. The summed E-state index contributed by atoms with van der Waals surface area (Å²) in [7, 11) is 0. The summed E-state index contributed by atoms with van der Waals surface area (Å²) >= 11 is 3.49. The highest BCUT2D eigenvalue weighted by Crippen LogP contribution is 2.23. The van der Waals surface area contributed by atoms with Crippen LogP contribution < -0.4 is 5.32 Å². The predicted molar refractivity (Wildman–Crippen MR) is 99.4 cm³/mol. The van der Waals surface area contributed by atoms with E-state index in [0.717, 1.165) is 10.2 Å². The number of hydrogen-bond acceptors (Lipinski definition) is 3. The number of rotatable bonds is 4. The molecule has 1 aliphatic rings. The Morgan fingerprint density at radius 3 is 2.68 bits per heavy atom. The molecule has 2 heterocycles.